The molecule has 0 aliphatic rings. The van der Waals surface area contributed by atoms with E-state index in [0.717, 1.165) is 55.8 Å². The molecule has 0 fully saturated rings. The number of nitrogens with one attached hydrogen (secondary N) is 3. The first-order chi connectivity index (χ1) is 14.2. The van der Waals surface area contributed by atoms with Crippen LogP contribution in [0.25, 0.3) is 0 Å². The number of rotatable bonds is 12. The molecule has 2 rings (SSSR count). The third-order valence-electron chi connectivity index (χ3n) is 4.10. The molecule has 166 valence electrons. The minimum atomic E-state index is -0.0415. The molecule has 1 atom stereocenters. The maximum Gasteiger partial charge on any atom is 0.191 e. The molecule has 0 aliphatic carbocycles. The molecule has 0 saturated heterocycles. The number of unbranched alkanes of at least 4 members (excludes halogenated alkanes) is 1. The van der Waals surface area contributed by atoms with E-state index < -0.39 is 0 Å². The number of ether oxygens (including phenoxy) is 2. The van der Waals surface area contributed by atoms with E-state index in [1.54, 1.807) is 13.3 Å². The number of anilines is 1. The highest BCUT2D eigenvalue weighted by molar-refractivity contribution is 14.0. The number of aliphatic imine (C=N–C) groups is 1. The molecular weight excluding hydrogens is 493 g/mol. The fourth-order valence-corrected chi connectivity index (χ4v) is 2.65. The zero-order valence-electron chi connectivity index (χ0n) is 18.1. The van der Waals surface area contributed by atoms with E-state index in [0.29, 0.717) is 6.54 Å². The van der Waals surface area contributed by atoms with E-state index in [-0.39, 0.29) is 30.1 Å². The van der Waals surface area contributed by atoms with Crippen LogP contribution in [0, 0.1) is 0 Å². The summed E-state index contributed by atoms with van der Waals surface area (Å²) >= 11 is 0. The Balaban J connectivity index is 0.00000450. The summed E-state index contributed by atoms with van der Waals surface area (Å²) in [5.41, 5.74) is 0. The van der Waals surface area contributed by atoms with Crippen LogP contribution in [0.2, 0.25) is 0 Å². The number of methoxy groups -OCH3 is 1. The van der Waals surface area contributed by atoms with Gasteiger partial charge in [-0.05, 0) is 51.0 Å². The Kier molecular flexibility index (Phi) is 13.4. The zero-order valence-corrected chi connectivity index (χ0v) is 20.4. The molecule has 1 heterocycles. The molecule has 0 amide bonds. The quantitative estimate of drug-likeness (QED) is 0.168. The molecule has 8 heteroatoms. The molecule has 3 N–H and O–H groups in total. The van der Waals surface area contributed by atoms with E-state index >= 15 is 0 Å². The van der Waals surface area contributed by atoms with Gasteiger partial charge in [0.1, 0.15) is 23.4 Å². The third-order valence-corrected chi connectivity index (χ3v) is 4.10. The van der Waals surface area contributed by atoms with Gasteiger partial charge in [0.2, 0.25) is 0 Å². The van der Waals surface area contributed by atoms with Gasteiger partial charge >= 0.3 is 0 Å². The van der Waals surface area contributed by atoms with Crippen molar-refractivity contribution >= 4 is 35.8 Å². The highest BCUT2D eigenvalue weighted by Crippen LogP contribution is 2.19. The monoisotopic (exact) mass is 527 g/mol. The van der Waals surface area contributed by atoms with Crippen LogP contribution in [-0.4, -0.2) is 50.3 Å². The van der Waals surface area contributed by atoms with Crippen LogP contribution >= 0.6 is 24.0 Å². The summed E-state index contributed by atoms with van der Waals surface area (Å²) in [7, 11) is 1.65. The van der Waals surface area contributed by atoms with Crippen LogP contribution in [0.3, 0.4) is 0 Å². The summed E-state index contributed by atoms with van der Waals surface area (Å²) in [5.74, 6) is 3.29. The zero-order chi connectivity index (χ0) is 20.7. The van der Waals surface area contributed by atoms with Crippen molar-refractivity contribution in [2.45, 2.75) is 32.8 Å². The topological polar surface area (TPSA) is 79.8 Å². The number of aromatic nitrogens is 1. The van der Waals surface area contributed by atoms with Gasteiger partial charge in [-0.1, -0.05) is 12.1 Å². The van der Waals surface area contributed by atoms with E-state index in [1.807, 2.05) is 49.4 Å². The van der Waals surface area contributed by atoms with E-state index in [2.05, 4.69) is 32.9 Å². The first-order valence-electron chi connectivity index (χ1n) is 10.2. The van der Waals surface area contributed by atoms with Gasteiger partial charge in [-0.2, -0.15) is 0 Å². The first kappa shape index (κ1) is 25.8. The number of halogens is 1. The molecule has 0 saturated carbocycles. The van der Waals surface area contributed by atoms with Crippen molar-refractivity contribution in [1.82, 2.24) is 15.6 Å². The number of benzene rings is 1. The third kappa shape index (κ3) is 10.5. The Morgan fingerprint density at radius 2 is 1.87 bits per heavy atom. The SMILES string of the molecule is CCNC(=NCC(C)Oc1cccc(OC)c1)NCCCCNc1ccccn1.I. The van der Waals surface area contributed by atoms with Crippen LogP contribution in [-0.2, 0) is 0 Å². The predicted octanol–water partition coefficient (Wildman–Crippen LogP) is 3.92. The molecule has 2 aromatic rings. The molecule has 0 spiro atoms. The summed E-state index contributed by atoms with van der Waals surface area (Å²) < 4.78 is 11.2. The molecular formula is C22H34IN5O2. The van der Waals surface area contributed by atoms with Gasteiger partial charge in [-0.3, -0.25) is 0 Å². The summed E-state index contributed by atoms with van der Waals surface area (Å²) in [6, 6.07) is 13.5. The average molecular weight is 527 g/mol. The second kappa shape index (κ2) is 15.6. The van der Waals surface area contributed by atoms with Gasteiger partial charge in [-0.15, -0.1) is 24.0 Å². The molecule has 7 nitrogen and oxygen atoms in total. The van der Waals surface area contributed by atoms with Gasteiger partial charge in [0.15, 0.2) is 5.96 Å². The largest absolute Gasteiger partial charge is 0.497 e. The van der Waals surface area contributed by atoms with Gasteiger partial charge in [0.05, 0.1) is 13.7 Å². The Labute approximate surface area is 197 Å². The normalized spacial score (nSPS) is 11.8. The van der Waals surface area contributed by atoms with Crippen LogP contribution in [0.5, 0.6) is 11.5 Å². The summed E-state index contributed by atoms with van der Waals surface area (Å²) in [5, 5.41) is 9.97. The van der Waals surface area contributed by atoms with E-state index in [1.165, 1.54) is 0 Å². The molecule has 1 aromatic carbocycles. The lowest BCUT2D eigenvalue weighted by atomic mass is 10.3. The van der Waals surface area contributed by atoms with Crippen molar-refractivity contribution in [1.29, 1.82) is 0 Å². The molecule has 1 aromatic heterocycles. The Morgan fingerprint density at radius 3 is 2.60 bits per heavy atom. The van der Waals surface area contributed by atoms with Gasteiger partial charge in [0, 0.05) is 31.9 Å². The van der Waals surface area contributed by atoms with Crippen molar-refractivity contribution in [2.75, 3.05) is 38.6 Å². The number of pyridine rings is 1. The number of hydrogen-bond acceptors (Lipinski definition) is 5. The van der Waals surface area contributed by atoms with Gasteiger partial charge < -0.3 is 25.4 Å². The lowest BCUT2D eigenvalue weighted by Crippen LogP contribution is -2.38. The highest BCUT2D eigenvalue weighted by Gasteiger charge is 2.05. The number of nitrogens with zero attached hydrogens (tertiary/aromatic N) is 2. The minimum Gasteiger partial charge on any atom is -0.497 e. The minimum absolute atomic E-state index is 0. The number of guanidine groups is 1. The Hall–Kier alpha value is -2.23. The lowest BCUT2D eigenvalue weighted by Gasteiger charge is -2.15. The van der Waals surface area contributed by atoms with Crippen molar-refractivity contribution in [3.05, 3.63) is 48.7 Å². The van der Waals surface area contributed by atoms with Crippen LogP contribution in [0.15, 0.2) is 53.7 Å². The highest BCUT2D eigenvalue weighted by atomic mass is 127. The predicted molar refractivity (Wildman–Crippen MR) is 134 cm³/mol. The first-order valence-corrected chi connectivity index (χ1v) is 10.2. The van der Waals surface area contributed by atoms with E-state index in [4.69, 9.17) is 9.47 Å². The maximum atomic E-state index is 5.93. The molecule has 0 radical (unpaired) electrons. The summed E-state index contributed by atoms with van der Waals surface area (Å²) in [4.78, 5) is 8.88. The van der Waals surface area contributed by atoms with Gasteiger partial charge in [-0.25, -0.2) is 9.98 Å². The standard InChI is InChI=1S/C22H33N5O2.HI/c1-4-23-22(26-15-8-7-14-25-21-12-5-6-13-24-21)27-17-18(2)29-20-11-9-10-19(16-20)28-3;/h5-6,9-13,16,18H,4,7-8,14-15,17H2,1-3H3,(H,24,25)(H2,23,26,27);1H. The Morgan fingerprint density at radius 1 is 1.07 bits per heavy atom. The van der Waals surface area contributed by atoms with Crippen LogP contribution in [0.1, 0.15) is 26.7 Å². The van der Waals surface area contributed by atoms with Crippen LogP contribution in [0.4, 0.5) is 5.82 Å². The molecule has 0 bridgehead atoms. The molecule has 30 heavy (non-hydrogen) atoms. The Bertz CT molecular complexity index is 730. The molecule has 1 unspecified atom stereocenters. The van der Waals surface area contributed by atoms with Crippen molar-refractivity contribution in [2.24, 2.45) is 4.99 Å². The smallest absolute Gasteiger partial charge is 0.191 e. The van der Waals surface area contributed by atoms with Crippen molar-refractivity contribution < 1.29 is 9.47 Å². The fourth-order valence-electron chi connectivity index (χ4n) is 2.65. The average Bonchev–Trinajstić information content (AvgIpc) is 2.75. The van der Waals surface area contributed by atoms with Crippen molar-refractivity contribution in [3.8, 4) is 11.5 Å². The number of hydrogen-bond donors (Lipinski definition) is 3. The fraction of sp³-hybridized carbons (Fsp3) is 0.455. The van der Waals surface area contributed by atoms with Crippen LogP contribution < -0.4 is 25.4 Å². The maximum absolute atomic E-state index is 5.93. The summed E-state index contributed by atoms with van der Waals surface area (Å²) in [6.07, 6.45) is 3.85. The second-order valence-corrected chi connectivity index (χ2v) is 6.60. The molecule has 0 aliphatic heterocycles. The van der Waals surface area contributed by atoms with E-state index in [9.17, 15) is 0 Å². The van der Waals surface area contributed by atoms with Crippen molar-refractivity contribution in [3.63, 3.8) is 0 Å². The van der Waals surface area contributed by atoms with Gasteiger partial charge in [0.25, 0.3) is 0 Å². The second-order valence-electron chi connectivity index (χ2n) is 6.60. The summed E-state index contributed by atoms with van der Waals surface area (Å²) in [6.45, 7) is 7.21. The lowest BCUT2D eigenvalue weighted by molar-refractivity contribution is 0.229.